The van der Waals surface area contributed by atoms with Gasteiger partial charge in [0.15, 0.2) is 0 Å². The first-order valence-corrected chi connectivity index (χ1v) is 3.10. The van der Waals surface area contributed by atoms with Gasteiger partial charge in [-0.25, -0.2) is 0 Å². The Morgan fingerprint density at radius 1 is 1.00 bits per heavy atom. The van der Waals surface area contributed by atoms with E-state index >= 15 is 0 Å². The topological polar surface area (TPSA) is 12.9 Å². The maximum absolute atomic E-state index is 4.23. The van der Waals surface area contributed by atoms with E-state index in [0.717, 1.165) is 11.4 Å². The summed E-state index contributed by atoms with van der Waals surface area (Å²) >= 11 is 0. The minimum atomic E-state index is 0. The van der Waals surface area contributed by atoms with Gasteiger partial charge in [-0.1, -0.05) is 0 Å². The molecular formula is C8H11NPd. The van der Waals surface area contributed by atoms with Crippen LogP contribution in [0.2, 0.25) is 0 Å². The van der Waals surface area contributed by atoms with Crippen molar-refractivity contribution in [1.82, 2.24) is 4.98 Å². The molecule has 2 heteroatoms. The number of nitrogens with zero attached hydrogens (tertiary/aromatic N) is 1. The Bertz CT molecular complexity index is 170. The third kappa shape index (κ3) is 2.60. The van der Waals surface area contributed by atoms with Crippen LogP contribution in [0, 0.1) is 20.8 Å². The van der Waals surface area contributed by atoms with E-state index in [4.69, 9.17) is 0 Å². The molecular weight excluding hydrogens is 217 g/mol. The van der Waals surface area contributed by atoms with Crippen molar-refractivity contribution in [2.45, 2.75) is 20.8 Å². The number of hydrogen-bond donors (Lipinski definition) is 0. The minimum absolute atomic E-state index is 0. The molecule has 1 aromatic rings. The average Bonchev–Trinajstić information content (AvgIpc) is 1.59. The molecule has 0 aliphatic carbocycles. The standard InChI is InChI=1S/C8H11N.Pd/c1-6-4-7(2)9-8(3)5-6;/h4-5H,1-3H3;. The van der Waals surface area contributed by atoms with E-state index < -0.39 is 0 Å². The summed E-state index contributed by atoms with van der Waals surface area (Å²) in [5.41, 5.74) is 3.50. The Morgan fingerprint density at radius 3 is 1.70 bits per heavy atom. The number of aromatic nitrogens is 1. The van der Waals surface area contributed by atoms with E-state index in [0.29, 0.717) is 0 Å². The van der Waals surface area contributed by atoms with Gasteiger partial charge in [0.2, 0.25) is 0 Å². The van der Waals surface area contributed by atoms with Gasteiger partial charge >= 0.3 is 0 Å². The van der Waals surface area contributed by atoms with Crippen LogP contribution in [0.3, 0.4) is 0 Å². The first-order chi connectivity index (χ1) is 4.18. The van der Waals surface area contributed by atoms with Crippen molar-refractivity contribution in [2.75, 3.05) is 0 Å². The van der Waals surface area contributed by atoms with Crippen molar-refractivity contribution in [3.63, 3.8) is 0 Å². The first-order valence-electron chi connectivity index (χ1n) is 3.10. The molecule has 0 fully saturated rings. The maximum Gasteiger partial charge on any atom is 0.0378 e. The summed E-state index contributed by atoms with van der Waals surface area (Å²) in [6.45, 7) is 6.11. The van der Waals surface area contributed by atoms with Gasteiger partial charge < -0.3 is 0 Å². The van der Waals surface area contributed by atoms with Crippen LogP contribution in [0.25, 0.3) is 0 Å². The van der Waals surface area contributed by atoms with Gasteiger partial charge in [0.05, 0.1) is 0 Å². The molecule has 0 aliphatic rings. The number of aryl methyl sites for hydroxylation is 3. The molecule has 0 N–H and O–H groups in total. The first kappa shape index (κ1) is 9.81. The van der Waals surface area contributed by atoms with Crippen LogP contribution in [0.5, 0.6) is 0 Å². The molecule has 1 rings (SSSR count). The third-order valence-electron chi connectivity index (χ3n) is 1.23. The summed E-state index contributed by atoms with van der Waals surface area (Å²) in [6, 6.07) is 4.15. The summed E-state index contributed by atoms with van der Waals surface area (Å²) < 4.78 is 0. The zero-order valence-electron chi connectivity index (χ0n) is 6.42. The van der Waals surface area contributed by atoms with Crippen LogP contribution < -0.4 is 0 Å². The van der Waals surface area contributed by atoms with Crippen molar-refractivity contribution in [3.8, 4) is 0 Å². The number of pyridine rings is 1. The van der Waals surface area contributed by atoms with Gasteiger partial charge in [-0.3, -0.25) is 4.98 Å². The van der Waals surface area contributed by atoms with E-state index in [1.165, 1.54) is 5.56 Å². The smallest absolute Gasteiger partial charge is 0.0378 e. The largest absolute Gasteiger partial charge is 0.258 e. The molecule has 10 heavy (non-hydrogen) atoms. The van der Waals surface area contributed by atoms with Gasteiger partial charge in [-0.2, -0.15) is 0 Å². The quantitative estimate of drug-likeness (QED) is 0.618. The van der Waals surface area contributed by atoms with Crippen LogP contribution in [-0.4, -0.2) is 4.98 Å². The Morgan fingerprint density at radius 2 is 1.40 bits per heavy atom. The fraction of sp³-hybridized carbons (Fsp3) is 0.375. The maximum atomic E-state index is 4.23. The molecule has 1 heterocycles. The predicted molar refractivity (Wildman–Crippen MR) is 38.4 cm³/mol. The molecule has 0 spiro atoms. The van der Waals surface area contributed by atoms with Crippen molar-refractivity contribution in [3.05, 3.63) is 29.1 Å². The van der Waals surface area contributed by atoms with Crippen molar-refractivity contribution in [1.29, 1.82) is 0 Å². The van der Waals surface area contributed by atoms with Crippen LogP contribution in [-0.2, 0) is 20.4 Å². The van der Waals surface area contributed by atoms with Crippen molar-refractivity contribution < 1.29 is 20.4 Å². The summed E-state index contributed by atoms with van der Waals surface area (Å²) in [4.78, 5) is 4.23. The van der Waals surface area contributed by atoms with E-state index in [1.807, 2.05) is 13.8 Å². The molecule has 58 valence electrons. The van der Waals surface area contributed by atoms with Gasteiger partial charge in [-0.05, 0) is 38.5 Å². The third-order valence-corrected chi connectivity index (χ3v) is 1.23. The zero-order valence-corrected chi connectivity index (χ0v) is 7.97. The fourth-order valence-corrected chi connectivity index (χ4v) is 1.04. The monoisotopic (exact) mass is 227 g/mol. The van der Waals surface area contributed by atoms with E-state index in [1.54, 1.807) is 0 Å². The summed E-state index contributed by atoms with van der Waals surface area (Å²) in [5.74, 6) is 0. The summed E-state index contributed by atoms with van der Waals surface area (Å²) in [7, 11) is 0. The zero-order chi connectivity index (χ0) is 6.85. The van der Waals surface area contributed by atoms with Crippen molar-refractivity contribution >= 4 is 0 Å². The van der Waals surface area contributed by atoms with E-state index in [-0.39, 0.29) is 20.4 Å². The second-order valence-corrected chi connectivity index (χ2v) is 2.43. The summed E-state index contributed by atoms with van der Waals surface area (Å²) in [6.07, 6.45) is 0. The normalized spacial score (nSPS) is 8.70. The molecule has 0 aliphatic heterocycles. The molecule has 0 saturated heterocycles. The molecule has 0 unspecified atom stereocenters. The number of hydrogen-bond acceptors (Lipinski definition) is 1. The fourth-order valence-electron chi connectivity index (χ4n) is 1.04. The molecule has 0 atom stereocenters. The molecule has 1 nitrogen and oxygen atoms in total. The SMILES string of the molecule is Cc1cc(C)nc(C)c1.[Pd]. The van der Waals surface area contributed by atoms with Crippen LogP contribution >= 0.6 is 0 Å². The van der Waals surface area contributed by atoms with Gasteiger partial charge in [0.25, 0.3) is 0 Å². The second-order valence-electron chi connectivity index (χ2n) is 2.43. The molecule has 0 amide bonds. The molecule has 0 saturated carbocycles. The Balaban J connectivity index is 0.000000810. The van der Waals surface area contributed by atoms with Crippen LogP contribution in [0.1, 0.15) is 17.0 Å². The van der Waals surface area contributed by atoms with Crippen LogP contribution in [0.4, 0.5) is 0 Å². The van der Waals surface area contributed by atoms with Crippen molar-refractivity contribution in [2.24, 2.45) is 0 Å². The van der Waals surface area contributed by atoms with E-state index in [2.05, 4.69) is 24.0 Å². The molecule has 0 aromatic carbocycles. The molecule has 0 bridgehead atoms. The molecule has 1 aromatic heterocycles. The Hall–Kier alpha value is -0.188. The Labute approximate surface area is 75.5 Å². The molecule has 0 radical (unpaired) electrons. The van der Waals surface area contributed by atoms with Gasteiger partial charge in [0, 0.05) is 31.8 Å². The second kappa shape index (κ2) is 3.85. The Kier molecular flexibility index (Phi) is 3.78. The van der Waals surface area contributed by atoms with Gasteiger partial charge in [0.1, 0.15) is 0 Å². The average molecular weight is 228 g/mol. The number of rotatable bonds is 0. The predicted octanol–water partition coefficient (Wildman–Crippen LogP) is 2.00. The summed E-state index contributed by atoms with van der Waals surface area (Å²) in [5, 5.41) is 0. The van der Waals surface area contributed by atoms with E-state index in [9.17, 15) is 0 Å². The minimum Gasteiger partial charge on any atom is -0.258 e. The van der Waals surface area contributed by atoms with Crippen LogP contribution in [0.15, 0.2) is 12.1 Å². The van der Waals surface area contributed by atoms with Gasteiger partial charge in [-0.15, -0.1) is 0 Å².